The van der Waals surface area contributed by atoms with Gasteiger partial charge in [0.05, 0.1) is 5.57 Å². The van der Waals surface area contributed by atoms with E-state index in [0.717, 1.165) is 0 Å². The van der Waals surface area contributed by atoms with Crippen molar-refractivity contribution in [3.63, 3.8) is 0 Å². The maximum atomic E-state index is 9.94. The fourth-order valence-corrected chi connectivity index (χ4v) is 0.272. The zero-order valence-corrected chi connectivity index (χ0v) is 9.00. The smallest absolute Gasteiger partial charge is 0.335 e. The van der Waals surface area contributed by atoms with Crippen LogP contribution in [0.1, 0.15) is 6.92 Å². The molecule has 0 saturated carbocycles. The van der Waals surface area contributed by atoms with Gasteiger partial charge in [-0.3, -0.25) is 0 Å². The molecule has 0 spiro atoms. The standard InChI is InChI=1S/C6H8O2.Pr/c1-3-4-5(2)6(7)8;/h3-4H,2H2,1H3,(H,7,8);. The van der Waals surface area contributed by atoms with Gasteiger partial charge in [0, 0.05) is 41.3 Å². The van der Waals surface area contributed by atoms with Crippen molar-refractivity contribution in [3.05, 3.63) is 24.3 Å². The summed E-state index contributed by atoms with van der Waals surface area (Å²) in [5.41, 5.74) is 0.118. The molecule has 0 rings (SSSR count). The Morgan fingerprint density at radius 1 is 1.67 bits per heavy atom. The first-order valence-corrected chi connectivity index (χ1v) is 2.23. The summed E-state index contributed by atoms with van der Waals surface area (Å²) in [4.78, 5) is 9.94. The average molecular weight is 253 g/mol. The van der Waals surface area contributed by atoms with Gasteiger partial charge < -0.3 is 5.11 Å². The van der Waals surface area contributed by atoms with Crippen LogP contribution in [0.25, 0.3) is 0 Å². The minimum Gasteiger partial charge on any atom is -0.478 e. The molecule has 0 heterocycles. The van der Waals surface area contributed by atoms with Gasteiger partial charge >= 0.3 is 5.97 Å². The van der Waals surface area contributed by atoms with Gasteiger partial charge in [-0.25, -0.2) is 4.79 Å². The van der Waals surface area contributed by atoms with E-state index >= 15 is 0 Å². The first-order valence-electron chi connectivity index (χ1n) is 2.23. The van der Waals surface area contributed by atoms with Gasteiger partial charge in [-0.15, -0.1) is 0 Å². The summed E-state index contributed by atoms with van der Waals surface area (Å²) < 4.78 is 0. The maximum absolute atomic E-state index is 9.94. The fourth-order valence-electron chi connectivity index (χ4n) is 0.272. The van der Waals surface area contributed by atoms with Crippen LogP contribution in [0, 0.1) is 41.3 Å². The molecule has 0 aromatic carbocycles. The third-order valence-corrected chi connectivity index (χ3v) is 0.643. The Balaban J connectivity index is 0. The second kappa shape index (κ2) is 6.43. The topological polar surface area (TPSA) is 37.3 Å². The number of carboxylic acids is 1. The predicted molar refractivity (Wildman–Crippen MR) is 31.6 cm³/mol. The molecular formula is C6H8O2Pr. The van der Waals surface area contributed by atoms with Crippen molar-refractivity contribution >= 4 is 5.97 Å². The van der Waals surface area contributed by atoms with Gasteiger partial charge in [0.15, 0.2) is 0 Å². The average Bonchev–Trinajstić information content (AvgIpc) is 1.67. The SMILES string of the molecule is C=C(C=CC)C(=O)O.[Pr]. The van der Waals surface area contributed by atoms with E-state index in [-0.39, 0.29) is 46.9 Å². The van der Waals surface area contributed by atoms with Crippen molar-refractivity contribution in [2.24, 2.45) is 0 Å². The van der Waals surface area contributed by atoms with Crippen LogP contribution in [0.15, 0.2) is 24.3 Å². The number of hydrogen-bond donors (Lipinski definition) is 1. The van der Waals surface area contributed by atoms with E-state index in [4.69, 9.17) is 5.11 Å². The van der Waals surface area contributed by atoms with Gasteiger partial charge in [-0.05, 0) is 6.92 Å². The van der Waals surface area contributed by atoms with Crippen LogP contribution in [0.5, 0.6) is 0 Å². The molecule has 0 atom stereocenters. The van der Waals surface area contributed by atoms with Crippen LogP contribution in [-0.2, 0) is 4.79 Å². The minimum atomic E-state index is -0.969. The van der Waals surface area contributed by atoms with E-state index in [9.17, 15) is 4.79 Å². The Bertz CT molecular complexity index is 138. The summed E-state index contributed by atoms with van der Waals surface area (Å²) in [6.07, 6.45) is 3.08. The van der Waals surface area contributed by atoms with E-state index in [1.807, 2.05) is 0 Å². The van der Waals surface area contributed by atoms with Crippen molar-refractivity contribution in [2.45, 2.75) is 6.92 Å². The monoisotopic (exact) mass is 253 g/mol. The number of carboxylic acid groups (broad SMARTS) is 1. The molecular weight excluding hydrogens is 245 g/mol. The van der Waals surface area contributed by atoms with Crippen LogP contribution in [-0.4, -0.2) is 11.1 Å². The minimum absolute atomic E-state index is 0. The number of carbonyl (C=O) groups is 1. The molecule has 1 N–H and O–H groups in total. The Labute approximate surface area is 87.6 Å². The number of rotatable bonds is 2. The summed E-state index contributed by atoms with van der Waals surface area (Å²) in [5.74, 6) is -0.969. The van der Waals surface area contributed by atoms with Crippen molar-refractivity contribution in [1.29, 1.82) is 0 Å². The molecule has 0 aromatic heterocycles. The first kappa shape index (κ1) is 12.0. The molecule has 0 aliphatic rings. The second-order valence-electron chi connectivity index (χ2n) is 1.33. The van der Waals surface area contributed by atoms with Crippen LogP contribution < -0.4 is 0 Å². The van der Waals surface area contributed by atoms with Crippen molar-refractivity contribution < 1.29 is 51.2 Å². The predicted octanol–water partition coefficient (Wildman–Crippen LogP) is 1.20. The van der Waals surface area contributed by atoms with E-state index in [2.05, 4.69) is 6.58 Å². The number of allylic oxidation sites excluding steroid dienone is 1. The molecule has 0 aliphatic heterocycles. The van der Waals surface area contributed by atoms with Gasteiger partial charge in [0.25, 0.3) is 0 Å². The summed E-state index contributed by atoms with van der Waals surface area (Å²) in [7, 11) is 0. The largest absolute Gasteiger partial charge is 0.478 e. The molecule has 0 fully saturated rings. The summed E-state index contributed by atoms with van der Waals surface area (Å²) in [5, 5.41) is 8.16. The summed E-state index contributed by atoms with van der Waals surface area (Å²) in [6, 6.07) is 0. The maximum Gasteiger partial charge on any atom is 0.335 e. The second-order valence-corrected chi connectivity index (χ2v) is 1.33. The third kappa shape index (κ3) is 6.20. The zero-order chi connectivity index (χ0) is 6.57. The van der Waals surface area contributed by atoms with Gasteiger partial charge in [0.2, 0.25) is 0 Å². The van der Waals surface area contributed by atoms with Crippen molar-refractivity contribution in [1.82, 2.24) is 0 Å². The van der Waals surface area contributed by atoms with Crippen LogP contribution in [0.2, 0.25) is 0 Å². The van der Waals surface area contributed by atoms with Gasteiger partial charge in [-0.1, -0.05) is 18.7 Å². The fraction of sp³-hybridized carbons (Fsp3) is 0.167. The molecule has 0 amide bonds. The molecule has 3 heteroatoms. The Kier molecular flexibility index (Phi) is 8.60. The zero-order valence-electron chi connectivity index (χ0n) is 5.29. The van der Waals surface area contributed by atoms with Crippen LogP contribution in [0.4, 0.5) is 0 Å². The Morgan fingerprint density at radius 2 is 2.11 bits per heavy atom. The molecule has 0 saturated heterocycles. The van der Waals surface area contributed by atoms with E-state index < -0.39 is 5.97 Å². The quantitative estimate of drug-likeness (QED) is 0.593. The molecule has 0 unspecified atom stereocenters. The molecule has 1 radical (unpaired) electrons. The molecule has 0 bridgehead atoms. The summed E-state index contributed by atoms with van der Waals surface area (Å²) in [6.45, 7) is 5.00. The van der Waals surface area contributed by atoms with E-state index in [0.29, 0.717) is 0 Å². The van der Waals surface area contributed by atoms with Gasteiger partial charge in [0.1, 0.15) is 0 Å². The van der Waals surface area contributed by atoms with Crippen molar-refractivity contribution in [3.8, 4) is 0 Å². The van der Waals surface area contributed by atoms with Gasteiger partial charge in [-0.2, -0.15) is 0 Å². The third-order valence-electron chi connectivity index (χ3n) is 0.643. The Hall–Kier alpha value is 0.314. The molecule has 9 heavy (non-hydrogen) atoms. The molecule has 47 valence electrons. The molecule has 0 aliphatic carbocycles. The van der Waals surface area contributed by atoms with E-state index in [1.54, 1.807) is 13.0 Å². The first-order chi connectivity index (χ1) is 3.68. The number of aliphatic carboxylic acids is 1. The van der Waals surface area contributed by atoms with Crippen molar-refractivity contribution in [2.75, 3.05) is 0 Å². The normalized spacial score (nSPS) is 8.56. The van der Waals surface area contributed by atoms with Crippen LogP contribution in [0.3, 0.4) is 0 Å². The van der Waals surface area contributed by atoms with Crippen LogP contribution >= 0.6 is 0 Å². The molecule has 0 aromatic rings. The number of hydrogen-bond acceptors (Lipinski definition) is 1. The Morgan fingerprint density at radius 3 is 2.22 bits per heavy atom. The van der Waals surface area contributed by atoms with E-state index in [1.165, 1.54) is 6.08 Å². The summed E-state index contributed by atoms with van der Waals surface area (Å²) >= 11 is 0. The molecule has 2 nitrogen and oxygen atoms in total.